The van der Waals surface area contributed by atoms with E-state index in [1.54, 1.807) is 0 Å². The maximum absolute atomic E-state index is 11.7. The van der Waals surface area contributed by atoms with Crippen LogP contribution in [0.15, 0.2) is 0 Å². The van der Waals surface area contributed by atoms with E-state index in [0.29, 0.717) is 0 Å². The van der Waals surface area contributed by atoms with E-state index in [-0.39, 0.29) is 13.2 Å². The van der Waals surface area contributed by atoms with Crippen LogP contribution >= 0.6 is 0 Å². The van der Waals surface area contributed by atoms with E-state index < -0.39 is 43.0 Å². The van der Waals surface area contributed by atoms with Crippen molar-refractivity contribution < 1.29 is 38.8 Å². The second-order valence-electron chi connectivity index (χ2n) is 3.87. The van der Waals surface area contributed by atoms with Gasteiger partial charge in [-0.3, -0.25) is 19.7 Å². The van der Waals surface area contributed by atoms with Crippen LogP contribution in [-0.4, -0.2) is 74.2 Å². The summed E-state index contributed by atoms with van der Waals surface area (Å²) in [5, 5.41) is 19.5. The van der Waals surface area contributed by atoms with Gasteiger partial charge >= 0.3 is 17.9 Å². The van der Waals surface area contributed by atoms with Crippen LogP contribution < -0.4 is 5.32 Å². The van der Waals surface area contributed by atoms with E-state index in [2.05, 4.69) is 5.32 Å². The van der Waals surface area contributed by atoms with Gasteiger partial charge in [0.05, 0.1) is 19.6 Å². The number of carbonyl (C=O) groups is 3. The first-order valence-corrected chi connectivity index (χ1v) is 5.76. The zero-order valence-electron chi connectivity index (χ0n) is 11.3. The Balaban J connectivity index is 4.37. The Morgan fingerprint density at radius 3 is 2.20 bits per heavy atom. The molecule has 0 rings (SSSR count). The number of carboxylic acid groups (broad SMARTS) is 2. The minimum atomic E-state index is -1.25. The molecule has 9 nitrogen and oxygen atoms in total. The number of rotatable bonds is 11. The molecule has 20 heavy (non-hydrogen) atoms. The number of hydrogen-bond donors (Lipinski definition) is 3. The van der Waals surface area contributed by atoms with E-state index in [0.717, 1.165) is 0 Å². The largest absolute Gasteiger partial charge is 0.481 e. The number of carboxylic acids is 2. The molecule has 9 heteroatoms. The van der Waals surface area contributed by atoms with E-state index in [4.69, 9.17) is 24.4 Å². The quantitative estimate of drug-likeness (QED) is 0.398. The second kappa shape index (κ2) is 10.1. The van der Waals surface area contributed by atoms with Crippen molar-refractivity contribution in [1.29, 1.82) is 0 Å². The van der Waals surface area contributed by atoms with E-state index in [1.165, 1.54) is 14.2 Å². The van der Waals surface area contributed by atoms with Gasteiger partial charge in [0.2, 0.25) is 0 Å². The lowest BCUT2D eigenvalue weighted by atomic mass is 10.2. The maximum Gasteiger partial charge on any atom is 0.323 e. The summed E-state index contributed by atoms with van der Waals surface area (Å²) in [7, 11) is 2.87. The molecule has 0 saturated heterocycles. The summed E-state index contributed by atoms with van der Waals surface area (Å²) in [5.41, 5.74) is 0. The third-order valence-electron chi connectivity index (χ3n) is 2.26. The number of ether oxygens (including phenoxy) is 3. The Morgan fingerprint density at radius 2 is 1.75 bits per heavy atom. The van der Waals surface area contributed by atoms with Crippen molar-refractivity contribution in [1.82, 2.24) is 5.32 Å². The third-order valence-corrected chi connectivity index (χ3v) is 2.26. The molecular weight excluding hydrogens is 274 g/mol. The van der Waals surface area contributed by atoms with Crippen LogP contribution in [0.1, 0.15) is 6.42 Å². The van der Waals surface area contributed by atoms with Gasteiger partial charge in [0.15, 0.2) is 0 Å². The fourth-order valence-corrected chi connectivity index (χ4v) is 1.27. The van der Waals surface area contributed by atoms with Crippen molar-refractivity contribution in [2.45, 2.75) is 18.6 Å². The first kappa shape index (κ1) is 18.3. The highest BCUT2D eigenvalue weighted by Gasteiger charge is 2.24. The van der Waals surface area contributed by atoms with Crippen molar-refractivity contribution in [3.05, 3.63) is 0 Å². The van der Waals surface area contributed by atoms with Crippen LogP contribution in [0.25, 0.3) is 0 Å². The van der Waals surface area contributed by atoms with Crippen molar-refractivity contribution in [3.8, 4) is 0 Å². The summed E-state index contributed by atoms with van der Waals surface area (Å²) >= 11 is 0. The first-order chi connectivity index (χ1) is 9.40. The minimum Gasteiger partial charge on any atom is -0.481 e. The fourth-order valence-electron chi connectivity index (χ4n) is 1.27. The number of esters is 1. The molecule has 0 aliphatic carbocycles. The van der Waals surface area contributed by atoms with Gasteiger partial charge in [-0.1, -0.05) is 0 Å². The standard InChI is InChI=1S/C11H19NO8/c1-18-5-7(19-2)6-20-11(17)8(3-9(13)14)12-4-10(15)16/h7-8,12H,3-6H2,1-2H3,(H,13,14)(H,15,16). The molecular formula is C11H19NO8. The smallest absolute Gasteiger partial charge is 0.323 e. The predicted octanol–water partition coefficient (Wildman–Crippen LogP) is -1.29. The maximum atomic E-state index is 11.7. The zero-order chi connectivity index (χ0) is 15.5. The van der Waals surface area contributed by atoms with Gasteiger partial charge in [-0.05, 0) is 0 Å². The fraction of sp³-hybridized carbons (Fsp3) is 0.727. The molecule has 0 saturated carbocycles. The molecule has 0 bridgehead atoms. The van der Waals surface area contributed by atoms with Crippen LogP contribution in [0.3, 0.4) is 0 Å². The van der Waals surface area contributed by atoms with Crippen LogP contribution in [0.5, 0.6) is 0 Å². The van der Waals surface area contributed by atoms with E-state index >= 15 is 0 Å². The van der Waals surface area contributed by atoms with E-state index in [9.17, 15) is 14.4 Å². The summed E-state index contributed by atoms with van der Waals surface area (Å²) in [6, 6.07) is -1.23. The van der Waals surface area contributed by atoms with Gasteiger partial charge in [-0.15, -0.1) is 0 Å². The summed E-state index contributed by atoms with van der Waals surface area (Å²) in [6.45, 7) is -0.456. The van der Waals surface area contributed by atoms with Crippen LogP contribution in [0, 0.1) is 0 Å². The minimum absolute atomic E-state index is 0.117. The Bertz CT molecular complexity index is 332. The zero-order valence-corrected chi connectivity index (χ0v) is 11.3. The summed E-state index contributed by atoms with van der Waals surface area (Å²) in [4.78, 5) is 32.7. The molecule has 0 fully saturated rings. The SMILES string of the molecule is COCC(COC(=O)C(CC(=O)O)NCC(=O)O)OC. The van der Waals surface area contributed by atoms with Crippen molar-refractivity contribution in [3.63, 3.8) is 0 Å². The molecule has 0 aromatic rings. The molecule has 0 radical (unpaired) electrons. The van der Waals surface area contributed by atoms with Gasteiger partial charge in [-0.2, -0.15) is 0 Å². The van der Waals surface area contributed by atoms with E-state index in [1.807, 2.05) is 0 Å². The van der Waals surface area contributed by atoms with Gasteiger partial charge in [0.25, 0.3) is 0 Å². The highest BCUT2D eigenvalue weighted by Crippen LogP contribution is 1.99. The molecule has 2 unspecified atom stereocenters. The molecule has 116 valence electrons. The number of carbonyl (C=O) groups excluding carboxylic acids is 1. The number of nitrogens with one attached hydrogen (secondary N) is 1. The lowest BCUT2D eigenvalue weighted by Crippen LogP contribution is -2.43. The second-order valence-corrected chi connectivity index (χ2v) is 3.87. The normalized spacial score (nSPS) is 13.5. The molecule has 0 aliphatic heterocycles. The average molecular weight is 293 g/mol. The number of hydrogen-bond acceptors (Lipinski definition) is 7. The Labute approximate surface area is 115 Å². The molecule has 0 heterocycles. The molecule has 0 spiro atoms. The first-order valence-electron chi connectivity index (χ1n) is 5.76. The molecule has 0 aromatic heterocycles. The summed E-state index contributed by atoms with van der Waals surface area (Å²) in [5.74, 6) is -3.31. The highest BCUT2D eigenvalue weighted by molar-refractivity contribution is 5.82. The van der Waals surface area contributed by atoms with Crippen LogP contribution in [0.4, 0.5) is 0 Å². The summed E-state index contributed by atoms with van der Waals surface area (Å²) < 4.78 is 14.7. The van der Waals surface area contributed by atoms with Gasteiger partial charge < -0.3 is 24.4 Å². The molecule has 3 N–H and O–H groups in total. The lowest BCUT2D eigenvalue weighted by Gasteiger charge is -2.18. The van der Waals surface area contributed by atoms with Gasteiger partial charge in [0, 0.05) is 14.2 Å². The Morgan fingerprint density at radius 1 is 1.10 bits per heavy atom. The van der Waals surface area contributed by atoms with Crippen molar-refractivity contribution >= 4 is 17.9 Å². The van der Waals surface area contributed by atoms with Crippen LogP contribution in [-0.2, 0) is 28.6 Å². The Kier molecular flexibility index (Phi) is 9.26. The average Bonchev–Trinajstić information content (AvgIpc) is 2.38. The van der Waals surface area contributed by atoms with Crippen LogP contribution in [0.2, 0.25) is 0 Å². The van der Waals surface area contributed by atoms with Gasteiger partial charge in [-0.25, -0.2) is 0 Å². The molecule has 0 aliphatic rings. The lowest BCUT2D eigenvalue weighted by molar-refractivity contribution is -0.154. The molecule has 0 amide bonds. The third kappa shape index (κ3) is 8.40. The topological polar surface area (TPSA) is 131 Å². The molecule has 2 atom stereocenters. The van der Waals surface area contributed by atoms with Crippen molar-refractivity contribution in [2.75, 3.05) is 34.0 Å². The predicted molar refractivity (Wildman–Crippen MR) is 65.3 cm³/mol. The van der Waals surface area contributed by atoms with Gasteiger partial charge in [0.1, 0.15) is 18.8 Å². The Hall–Kier alpha value is -1.71. The molecule has 0 aromatic carbocycles. The summed E-state index contributed by atoms with van der Waals surface area (Å²) in [6.07, 6.45) is -1.05. The number of aliphatic carboxylic acids is 2. The number of methoxy groups -OCH3 is 2. The van der Waals surface area contributed by atoms with Crippen molar-refractivity contribution in [2.24, 2.45) is 0 Å². The monoisotopic (exact) mass is 293 g/mol. The highest BCUT2D eigenvalue weighted by atomic mass is 16.6.